The van der Waals surface area contributed by atoms with Gasteiger partial charge in [-0.3, -0.25) is 10.1 Å². The van der Waals surface area contributed by atoms with E-state index in [9.17, 15) is 10.1 Å². The zero-order chi connectivity index (χ0) is 11.5. The average molecular weight is 222 g/mol. The highest BCUT2D eigenvalue weighted by Gasteiger charge is 2.24. The van der Waals surface area contributed by atoms with E-state index in [0.717, 1.165) is 19.4 Å². The summed E-state index contributed by atoms with van der Waals surface area (Å²) >= 11 is 0. The quantitative estimate of drug-likeness (QED) is 0.594. The van der Waals surface area contributed by atoms with Crippen molar-refractivity contribution in [3.63, 3.8) is 0 Å². The van der Waals surface area contributed by atoms with Gasteiger partial charge in [-0.1, -0.05) is 0 Å². The summed E-state index contributed by atoms with van der Waals surface area (Å²) in [7, 11) is 0. The van der Waals surface area contributed by atoms with Crippen LogP contribution in [0, 0.1) is 10.1 Å². The van der Waals surface area contributed by atoms with Crippen molar-refractivity contribution in [2.45, 2.75) is 18.9 Å². The Hall–Kier alpha value is -1.69. The maximum Gasteiger partial charge on any atom is 0.311 e. The van der Waals surface area contributed by atoms with Gasteiger partial charge in [0.15, 0.2) is 0 Å². The standard InChI is InChI=1S/C10H14N4O2/c11-8-3-2-6-13(7-8)10-9(14(15)16)4-1-5-12-10/h1,4-5,8H,2-3,6-7,11H2. The van der Waals surface area contributed by atoms with Gasteiger partial charge in [0.25, 0.3) is 0 Å². The van der Waals surface area contributed by atoms with Crippen LogP contribution in [-0.4, -0.2) is 29.0 Å². The Morgan fingerprint density at radius 3 is 3.12 bits per heavy atom. The van der Waals surface area contributed by atoms with E-state index in [2.05, 4.69) is 4.98 Å². The van der Waals surface area contributed by atoms with Crippen LogP contribution in [0.5, 0.6) is 0 Å². The topological polar surface area (TPSA) is 85.3 Å². The molecule has 0 saturated carbocycles. The second-order valence-electron chi connectivity index (χ2n) is 3.95. The van der Waals surface area contributed by atoms with E-state index in [1.165, 1.54) is 6.07 Å². The van der Waals surface area contributed by atoms with Crippen molar-refractivity contribution in [2.75, 3.05) is 18.0 Å². The van der Waals surface area contributed by atoms with Crippen LogP contribution < -0.4 is 10.6 Å². The van der Waals surface area contributed by atoms with Gasteiger partial charge in [0, 0.05) is 31.4 Å². The van der Waals surface area contributed by atoms with Crippen LogP contribution in [0.1, 0.15) is 12.8 Å². The largest absolute Gasteiger partial charge is 0.349 e. The van der Waals surface area contributed by atoms with Crippen molar-refractivity contribution in [1.82, 2.24) is 4.98 Å². The number of aromatic nitrogens is 1. The van der Waals surface area contributed by atoms with E-state index in [1.807, 2.05) is 4.90 Å². The lowest BCUT2D eigenvalue weighted by molar-refractivity contribution is -0.384. The first-order chi connectivity index (χ1) is 7.68. The van der Waals surface area contributed by atoms with Crippen molar-refractivity contribution < 1.29 is 4.92 Å². The predicted octanol–water partition coefficient (Wildman–Crippen LogP) is 0.917. The fraction of sp³-hybridized carbons (Fsp3) is 0.500. The van der Waals surface area contributed by atoms with Gasteiger partial charge in [0.2, 0.25) is 5.82 Å². The number of nitrogens with two attached hydrogens (primary N) is 1. The Balaban J connectivity index is 2.28. The minimum Gasteiger partial charge on any atom is -0.349 e. The molecule has 2 N–H and O–H groups in total. The molecule has 6 heteroatoms. The Morgan fingerprint density at radius 1 is 1.62 bits per heavy atom. The molecular formula is C10H14N4O2. The average Bonchev–Trinajstić information content (AvgIpc) is 2.29. The molecule has 2 heterocycles. The Bertz CT molecular complexity index is 396. The Labute approximate surface area is 93.2 Å². The summed E-state index contributed by atoms with van der Waals surface area (Å²) < 4.78 is 0. The number of anilines is 1. The molecule has 1 atom stereocenters. The van der Waals surface area contributed by atoms with Crippen molar-refractivity contribution in [2.24, 2.45) is 5.73 Å². The molecule has 1 unspecified atom stereocenters. The molecule has 0 spiro atoms. The molecule has 1 aliphatic rings. The molecule has 1 fully saturated rings. The highest BCUT2D eigenvalue weighted by atomic mass is 16.6. The van der Waals surface area contributed by atoms with E-state index >= 15 is 0 Å². The van der Waals surface area contributed by atoms with Gasteiger partial charge < -0.3 is 10.6 Å². The van der Waals surface area contributed by atoms with Crippen LogP contribution in [0.25, 0.3) is 0 Å². The molecule has 1 aliphatic heterocycles. The zero-order valence-corrected chi connectivity index (χ0v) is 8.87. The van der Waals surface area contributed by atoms with Gasteiger partial charge in [0.1, 0.15) is 0 Å². The highest BCUT2D eigenvalue weighted by molar-refractivity contribution is 5.57. The highest BCUT2D eigenvalue weighted by Crippen LogP contribution is 2.26. The molecule has 6 nitrogen and oxygen atoms in total. The maximum absolute atomic E-state index is 10.9. The summed E-state index contributed by atoms with van der Waals surface area (Å²) in [4.78, 5) is 16.4. The number of nitro groups is 1. The van der Waals surface area contributed by atoms with Crippen molar-refractivity contribution >= 4 is 11.5 Å². The van der Waals surface area contributed by atoms with E-state index in [1.54, 1.807) is 12.3 Å². The smallest absolute Gasteiger partial charge is 0.311 e. The van der Waals surface area contributed by atoms with Crippen molar-refractivity contribution in [3.8, 4) is 0 Å². The second kappa shape index (κ2) is 4.44. The first-order valence-electron chi connectivity index (χ1n) is 5.28. The second-order valence-corrected chi connectivity index (χ2v) is 3.95. The molecular weight excluding hydrogens is 208 g/mol. The maximum atomic E-state index is 10.9. The number of pyridine rings is 1. The van der Waals surface area contributed by atoms with Gasteiger partial charge in [-0.05, 0) is 18.9 Å². The molecule has 1 saturated heterocycles. The van der Waals surface area contributed by atoms with E-state index in [-0.39, 0.29) is 11.7 Å². The van der Waals surface area contributed by atoms with Gasteiger partial charge in [0.05, 0.1) is 4.92 Å². The monoisotopic (exact) mass is 222 g/mol. The predicted molar refractivity (Wildman–Crippen MR) is 60.3 cm³/mol. The summed E-state index contributed by atoms with van der Waals surface area (Å²) in [5.41, 5.74) is 5.90. The van der Waals surface area contributed by atoms with E-state index in [0.29, 0.717) is 12.4 Å². The fourth-order valence-corrected chi connectivity index (χ4v) is 1.98. The molecule has 16 heavy (non-hydrogen) atoms. The number of hydrogen-bond acceptors (Lipinski definition) is 5. The van der Waals surface area contributed by atoms with Crippen LogP contribution >= 0.6 is 0 Å². The van der Waals surface area contributed by atoms with Gasteiger partial charge in [-0.15, -0.1) is 0 Å². The summed E-state index contributed by atoms with van der Waals surface area (Å²) in [5, 5.41) is 10.9. The number of piperidine rings is 1. The molecule has 1 aromatic rings. The first-order valence-corrected chi connectivity index (χ1v) is 5.28. The zero-order valence-electron chi connectivity index (χ0n) is 8.87. The van der Waals surface area contributed by atoms with Crippen molar-refractivity contribution in [3.05, 3.63) is 28.4 Å². The summed E-state index contributed by atoms with van der Waals surface area (Å²) in [6, 6.07) is 3.13. The molecule has 0 aromatic carbocycles. The van der Waals surface area contributed by atoms with Crippen LogP contribution in [0.2, 0.25) is 0 Å². The molecule has 0 radical (unpaired) electrons. The molecule has 0 aliphatic carbocycles. The van der Waals surface area contributed by atoms with Gasteiger partial charge >= 0.3 is 5.69 Å². The van der Waals surface area contributed by atoms with Crippen molar-refractivity contribution in [1.29, 1.82) is 0 Å². The van der Waals surface area contributed by atoms with Crippen LogP contribution in [-0.2, 0) is 0 Å². The summed E-state index contributed by atoms with van der Waals surface area (Å²) in [5.74, 6) is 0.433. The first kappa shape index (κ1) is 10.8. The van der Waals surface area contributed by atoms with E-state index < -0.39 is 4.92 Å². The number of nitrogens with zero attached hydrogens (tertiary/aromatic N) is 3. The molecule has 0 amide bonds. The van der Waals surface area contributed by atoms with Gasteiger partial charge in [-0.25, -0.2) is 4.98 Å². The minimum atomic E-state index is -0.400. The van der Waals surface area contributed by atoms with Gasteiger partial charge in [-0.2, -0.15) is 0 Å². The Morgan fingerprint density at radius 2 is 2.44 bits per heavy atom. The molecule has 0 bridgehead atoms. The van der Waals surface area contributed by atoms with Crippen LogP contribution in [0.4, 0.5) is 11.5 Å². The summed E-state index contributed by atoms with van der Waals surface area (Å²) in [6.45, 7) is 1.42. The molecule has 86 valence electrons. The molecule has 2 rings (SSSR count). The fourth-order valence-electron chi connectivity index (χ4n) is 1.98. The SMILES string of the molecule is NC1CCCN(c2ncccc2[N+](=O)[O-])C1. The third-order valence-electron chi connectivity index (χ3n) is 2.72. The van der Waals surface area contributed by atoms with Crippen LogP contribution in [0.3, 0.4) is 0 Å². The number of hydrogen-bond donors (Lipinski definition) is 1. The lowest BCUT2D eigenvalue weighted by Crippen LogP contribution is -2.43. The third-order valence-corrected chi connectivity index (χ3v) is 2.72. The lowest BCUT2D eigenvalue weighted by Gasteiger charge is -2.31. The van der Waals surface area contributed by atoms with E-state index in [4.69, 9.17) is 5.73 Å². The molecule has 1 aromatic heterocycles. The Kier molecular flexibility index (Phi) is 3.00. The number of rotatable bonds is 2. The summed E-state index contributed by atoms with van der Waals surface area (Å²) in [6.07, 6.45) is 3.49. The minimum absolute atomic E-state index is 0.0524. The third kappa shape index (κ3) is 2.11. The lowest BCUT2D eigenvalue weighted by atomic mass is 10.1. The normalized spacial score (nSPS) is 20.8. The van der Waals surface area contributed by atoms with Crippen LogP contribution in [0.15, 0.2) is 18.3 Å².